The number of nitrogens with zero attached hydrogens (tertiary/aromatic N) is 3. The highest BCUT2D eigenvalue weighted by atomic mass is 35.5. The molecule has 0 amide bonds. The largest absolute Gasteiger partial charge is 0.370 e. The van der Waals surface area contributed by atoms with Crippen LogP contribution in [0.3, 0.4) is 0 Å². The van der Waals surface area contributed by atoms with Crippen molar-refractivity contribution in [3.05, 3.63) is 75.4 Å². The van der Waals surface area contributed by atoms with Crippen LogP contribution < -0.4 is 16.0 Å². The SMILES string of the molecule is Cc1cccc(CC2CCCCc3c(ONNN4CCCCC4)nn(-c4ccc(Cl)cc4C)c32)c1. The van der Waals surface area contributed by atoms with Crippen LogP contribution in [-0.2, 0) is 12.8 Å². The number of hydrogen-bond acceptors (Lipinski definition) is 5. The van der Waals surface area contributed by atoms with Crippen molar-refractivity contribution < 1.29 is 4.84 Å². The second kappa shape index (κ2) is 11.1. The van der Waals surface area contributed by atoms with Crippen LogP contribution in [-0.4, -0.2) is 27.9 Å². The number of piperidine rings is 1. The summed E-state index contributed by atoms with van der Waals surface area (Å²) in [7, 11) is 0. The average Bonchev–Trinajstić information content (AvgIpc) is 3.06. The second-order valence-electron chi connectivity index (χ2n) is 10.0. The highest BCUT2D eigenvalue weighted by molar-refractivity contribution is 6.30. The molecule has 0 saturated carbocycles. The van der Waals surface area contributed by atoms with Gasteiger partial charge in [-0.3, -0.25) is 0 Å². The van der Waals surface area contributed by atoms with Crippen LogP contribution in [0.5, 0.6) is 5.88 Å². The van der Waals surface area contributed by atoms with Crippen molar-refractivity contribution in [2.75, 3.05) is 13.1 Å². The number of fused-ring (bicyclic) bond motifs is 1. The normalized spacial score (nSPS) is 18.8. The van der Waals surface area contributed by atoms with Gasteiger partial charge in [-0.1, -0.05) is 59.9 Å². The lowest BCUT2D eigenvalue weighted by Gasteiger charge is -2.26. The first-order valence-corrected chi connectivity index (χ1v) is 13.3. The molecule has 2 aromatic carbocycles. The molecule has 186 valence electrons. The molecule has 5 rings (SSSR count). The van der Waals surface area contributed by atoms with Gasteiger partial charge in [-0.2, -0.15) is 5.53 Å². The van der Waals surface area contributed by atoms with E-state index >= 15 is 0 Å². The minimum Gasteiger partial charge on any atom is -0.370 e. The Labute approximate surface area is 213 Å². The predicted molar refractivity (Wildman–Crippen MR) is 141 cm³/mol. The number of aromatic nitrogens is 2. The smallest absolute Gasteiger partial charge is 0.262 e. The van der Waals surface area contributed by atoms with Gasteiger partial charge in [-0.05, 0) is 81.7 Å². The summed E-state index contributed by atoms with van der Waals surface area (Å²) in [5.74, 6) is 1.03. The van der Waals surface area contributed by atoms with Crippen LogP contribution in [0, 0.1) is 13.8 Å². The molecule has 0 radical (unpaired) electrons. The molecule has 1 aliphatic heterocycles. The maximum atomic E-state index is 6.29. The first-order valence-electron chi connectivity index (χ1n) is 12.9. The molecule has 3 aromatic rings. The van der Waals surface area contributed by atoms with Gasteiger partial charge in [0.1, 0.15) is 0 Å². The minimum absolute atomic E-state index is 0.365. The molecule has 2 N–H and O–H groups in total. The van der Waals surface area contributed by atoms with E-state index in [1.165, 1.54) is 48.1 Å². The summed E-state index contributed by atoms with van der Waals surface area (Å²) >= 11 is 6.29. The lowest BCUT2D eigenvalue weighted by atomic mass is 9.90. The van der Waals surface area contributed by atoms with Gasteiger partial charge >= 0.3 is 0 Å². The van der Waals surface area contributed by atoms with Crippen LogP contribution in [0.4, 0.5) is 0 Å². The fourth-order valence-electron chi connectivity index (χ4n) is 5.51. The molecule has 35 heavy (non-hydrogen) atoms. The molecule has 1 unspecified atom stereocenters. The Morgan fingerprint density at radius 1 is 1.03 bits per heavy atom. The molecular weight excluding hydrogens is 458 g/mol. The molecule has 6 nitrogen and oxygen atoms in total. The first-order chi connectivity index (χ1) is 17.1. The van der Waals surface area contributed by atoms with E-state index in [1.54, 1.807) is 0 Å². The quantitative estimate of drug-likeness (QED) is 0.313. The summed E-state index contributed by atoms with van der Waals surface area (Å²) in [6.07, 6.45) is 9.13. The fraction of sp³-hybridized carbons (Fsp3) is 0.464. The van der Waals surface area contributed by atoms with Gasteiger partial charge in [0.2, 0.25) is 0 Å². The summed E-state index contributed by atoms with van der Waals surface area (Å²) in [4.78, 5) is 6.09. The van der Waals surface area contributed by atoms with Crippen LogP contribution in [0.2, 0.25) is 5.02 Å². The third-order valence-corrected chi connectivity index (χ3v) is 7.50. The predicted octanol–water partition coefficient (Wildman–Crippen LogP) is 5.98. The highest BCUT2D eigenvalue weighted by Gasteiger charge is 2.30. The van der Waals surface area contributed by atoms with Crippen molar-refractivity contribution in [2.24, 2.45) is 0 Å². The molecule has 1 fully saturated rings. The van der Waals surface area contributed by atoms with Crippen LogP contribution in [0.25, 0.3) is 5.69 Å². The van der Waals surface area contributed by atoms with E-state index in [4.69, 9.17) is 21.5 Å². The zero-order chi connectivity index (χ0) is 24.2. The maximum absolute atomic E-state index is 6.29. The summed E-state index contributed by atoms with van der Waals surface area (Å²) in [5.41, 5.74) is 13.5. The van der Waals surface area contributed by atoms with E-state index < -0.39 is 0 Å². The zero-order valence-corrected chi connectivity index (χ0v) is 21.6. The van der Waals surface area contributed by atoms with Crippen molar-refractivity contribution in [1.29, 1.82) is 0 Å². The molecule has 2 heterocycles. The van der Waals surface area contributed by atoms with Crippen LogP contribution in [0.1, 0.15) is 72.4 Å². The van der Waals surface area contributed by atoms with Gasteiger partial charge in [0.05, 0.1) is 11.4 Å². The number of hydrazine groups is 2. The van der Waals surface area contributed by atoms with Crippen molar-refractivity contribution in [1.82, 2.24) is 25.9 Å². The summed E-state index contributed by atoms with van der Waals surface area (Å²) in [5, 5.41) is 7.93. The Bertz CT molecular complexity index is 1150. The number of hydrogen-bond donors (Lipinski definition) is 2. The van der Waals surface area contributed by atoms with Gasteiger partial charge in [0, 0.05) is 29.6 Å². The van der Waals surface area contributed by atoms with Crippen LogP contribution in [0.15, 0.2) is 42.5 Å². The third-order valence-electron chi connectivity index (χ3n) is 7.26. The van der Waals surface area contributed by atoms with Crippen molar-refractivity contribution in [3.63, 3.8) is 0 Å². The van der Waals surface area contributed by atoms with Crippen molar-refractivity contribution in [3.8, 4) is 11.6 Å². The van der Waals surface area contributed by atoms with E-state index in [0.29, 0.717) is 11.8 Å². The Balaban J connectivity index is 1.49. The van der Waals surface area contributed by atoms with Gasteiger partial charge in [0.15, 0.2) is 0 Å². The van der Waals surface area contributed by atoms with E-state index in [-0.39, 0.29) is 0 Å². The summed E-state index contributed by atoms with van der Waals surface area (Å²) < 4.78 is 2.12. The monoisotopic (exact) mass is 493 g/mol. The Kier molecular flexibility index (Phi) is 7.73. The molecule has 1 aromatic heterocycles. The van der Waals surface area contributed by atoms with Crippen molar-refractivity contribution in [2.45, 2.75) is 71.1 Å². The Morgan fingerprint density at radius 2 is 1.89 bits per heavy atom. The van der Waals surface area contributed by atoms with Gasteiger partial charge < -0.3 is 4.84 Å². The minimum atomic E-state index is 0.365. The number of rotatable bonds is 7. The second-order valence-corrected chi connectivity index (χ2v) is 10.4. The maximum Gasteiger partial charge on any atom is 0.262 e. The first kappa shape index (κ1) is 24.3. The summed E-state index contributed by atoms with van der Waals surface area (Å²) in [6.45, 7) is 6.30. The van der Waals surface area contributed by atoms with Crippen LogP contribution >= 0.6 is 11.6 Å². The third kappa shape index (κ3) is 5.72. The molecule has 1 aliphatic carbocycles. The van der Waals surface area contributed by atoms with Gasteiger partial charge in [0.25, 0.3) is 5.88 Å². The van der Waals surface area contributed by atoms with E-state index in [9.17, 15) is 0 Å². The summed E-state index contributed by atoms with van der Waals surface area (Å²) in [6, 6.07) is 14.9. The average molecular weight is 494 g/mol. The number of benzene rings is 2. The van der Waals surface area contributed by atoms with Gasteiger partial charge in [-0.15, -0.1) is 5.10 Å². The van der Waals surface area contributed by atoms with Gasteiger partial charge in [-0.25, -0.2) is 9.69 Å². The molecule has 0 bridgehead atoms. The van der Waals surface area contributed by atoms with E-state index in [2.05, 4.69) is 65.0 Å². The number of nitrogens with one attached hydrogen (secondary N) is 2. The zero-order valence-electron chi connectivity index (χ0n) is 20.8. The molecular formula is C28H36ClN5O. The fourth-order valence-corrected chi connectivity index (χ4v) is 5.74. The molecule has 2 aliphatic rings. The lowest BCUT2D eigenvalue weighted by molar-refractivity contribution is 0.0213. The van der Waals surface area contributed by atoms with Crippen molar-refractivity contribution >= 4 is 11.6 Å². The topological polar surface area (TPSA) is 54.4 Å². The highest BCUT2D eigenvalue weighted by Crippen LogP contribution is 2.39. The van der Waals surface area contributed by atoms with E-state index in [1.807, 2.05) is 12.1 Å². The Morgan fingerprint density at radius 3 is 2.69 bits per heavy atom. The molecule has 1 atom stereocenters. The molecule has 7 heteroatoms. The number of halogens is 1. The Hall–Kier alpha value is -2.38. The number of aryl methyl sites for hydroxylation is 2. The molecule has 0 spiro atoms. The lowest BCUT2D eigenvalue weighted by Crippen LogP contribution is -2.50. The molecule has 1 saturated heterocycles. The van der Waals surface area contributed by atoms with E-state index in [0.717, 1.165) is 55.0 Å². The standard InChI is InChI=1S/C28H36ClN5O/c1-20-9-8-10-22(17-20)19-23-11-4-5-12-25-27(23)34(26-14-13-24(29)18-21(26)2)30-28(25)35-32-31-33-15-6-3-7-16-33/h8-10,13-14,17-18,23,31-32H,3-7,11-12,15-16,19H2,1-2H3.